The number of nitrogens with zero attached hydrogens (tertiary/aromatic N) is 5. The first-order valence-corrected chi connectivity index (χ1v) is 6.29. The molecule has 6 heteroatoms. The number of benzene rings is 1. The molecule has 0 aliphatic heterocycles. The molecule has 0 saturated heterocycles. The summed E-state index contributed by atoms with van der Waals surface area (Å²) in [5.41, 5.74) is 2.25. The zero-order chi connectivity index (χ0) is 13.8. The van der Waals surface area contributed by atoms with Gasteiger partial charge in [-0.25, -0.2) is 19.9 Å². The van der Waals surface area contributed by atoms with Gasteiger partial charge < -0.3 is 9.88 Å². The molecule has 0 atom stereocenters. The molecule has 6 nitrogen and oxygen atoms in total. The summed E-state index contributed by atoms with van der Waals surface area (Å²) in [7, 11) is 0. The maximum Gasteiger partial charge on any atom is 0.225 e. The molecule has 0 radical (unpaired) electrons. The van der Waals surface area contributed by atoms with Crippen LogP contribution in [0.15, 0.2) is 49.3 Å². The average molecular weight is 266 g/mol. The summed E-state index contributed by atoms with van der Waals surface area (Å²) in [6.07, 6.45) is 6.70. The van der Waals surface area contributed by atoms with Gasteiger partial charge in [0, 0.05) is 18.9 Å². The lowest BCUT2D eigenvalue weighted by atomic mass is 10.1. The Morgan fingerprint density at radius 2 is 1.90 bits per heavy atom. The van der Waals surface area contributed by atoms with Gasteiger partial charge in [-0.15, -0.1) is 0 Å². The molecule has 2 heterocycles. The van der Waals surface area contributed by atoms with Crippen molar-refractivity contribution in [2.75, 3.05) is 5.32 Å². The van der Waals surface area contributed by atoms with Crippen molar-refractivity contribution in [1.82, 2.24) is 24.5 Å². The second-order valence-electron chi connectivity index (χ2n) is 4.29. The number of para-hydroxylation sites is 1. The van der Waals surface area contributed by atoms with Crippen molar-refractivity contribution in [3.63, 3.8) is 0 Å². The molecule has 20 heavy (non-hydrogen) atoms. The lowest BCUT2D eigenvalue weighted by molar-refractivity contribution is 0.939. The third-order valence-electron chi connectivity index (χ3n) is 3.01. The highest BCUT2D eigenvalue weighted by molar-refractivity contribution is 5.43. The molecule has 0 unspecified atom stereocenters. The first kappa shape index (κ1) is 12.3. The van der Waals surface area contributed by atoms with Crippen molar-refractivity contribution in [3.05, 3.63) is 60.7 Å². The van der Waals surface area contributed by atoms with Gasteiger partial charge in [0.25, 0.3) is 0 Å². The van der Waals surface area contributed by atoms with E-state index >= 15 is 0 Å². The van der Waals surface area contributed by atoms with E-state index in [2.05, 4.69) is 42.0 Å². The highest BCUT2D eigenvalue weighted by Gasteiger charge is 2.06. The smallest absolute Gasteiger partial charge is 0.225 e. The number of aromatic nitrogens is 5. The predicted molar refractivity (Wildman–Crippen MR) is 75.5 cm³/mol. The molecular formula is C14H14N6. The maximum absolute atomic E-state index is 4.26. The molecule has 0 bridgehead atoms. The zero-order valence-electron chi connectivity index (χ0n) is 11.1. The van der Waals surface area contributed by atoms with Gasteiger partial charge in [0.1, 0.15) is 18.5 Å². The van der Waals surface area contributed by atoms with Crippen LogP contribution in [0.5, 0.6) is 0 Å². The summed E-state index contributed by atoms with van der Waals surface area (Å²) < 4.78 is 2.06. The van der Waals surface area contributed by atoms with Crippen LogP contribution in [0, 0.1) is 6.92 Å². The van der Waals surface area contributed by atoms with Crippen molar-refractivity contribution in [3.8, 4) is 5.69 Å². The van der Waals surface area contributed by atoms with Crippen LogP contribution in [0.4, 0.5) is 5.95 Å². The summed E-state index contributed by atoms with van der Waals surface area (Å²) >= 11 is 0. The Bertz CT molecular complexity index is 692. The Hall–Kier alpha value is -2.76. The number of nitrogens with one attached hydrogen (secondary N) is 1. The Balaban J connectivity index is 1.86. The highest BCUT2D eigenvalue weighted by Crippen LogP contribution is 2.16. The van der Waals surface area contributed by atoms with Crippen LogP contribution < -0.4 is 5.32 Å². The largest absolute Gasteiger partial charge is 0.350 e. The van der Waals surface area contributed by atoms with E-state index in [0.29, 0.717) is 12.5 Å². The van der Waals surface area contributed by atoms with Crippen LogP contribution in [-0.4, -0.2) is 24.5 Å². The molecule has 0 fully saturated rings. The van der Waals surface area contributed by atoms with Crippen LogP contribution in [0.2, 0.25) is 0 Å². The van der Waals surface area contributed by atoms with Crippen molar-refractivity contribution >= 4 is 5.95 Å². The lowest BCUT2D eigenvalue weighted by Crippen LogP contribution is -2.07. The summed E-state index contributed by atoms with van der Waals surface area (Å²) in [5.74, 6) is 1.52. The molecule has 0 aliphatic carbocycles. The molecule has 0 amide bonds. The van der Waals surface area contributed by atoms with E-state index in [1.807, 2.05) is 25.3 Å². The molecule has 0 saturated carbocycles. The summed E-state index contributed by atoms with van der Waals surface area (Å²) in [6, 6.07) is 8.17. The minimum Gasteiger partial charge on any atom is -0.350 e. The van der Waals surface area contributed by atoms with Gasteiger partial charge >= 0.3 is 0 Å². The van der Waals surface area contributed by atoms with Gasteiger partial charge in [-0.3, -0.25) is 0 Å². The Labute approximate surface area is 116 Å². The number of imidazole rings is 1. The third-order valence-corrected chi connectivity index (χ3v) is 3.01. The lowest BCUT2D eigenvalue weighted by Gasteiger charge is -2.12. The van der Waals surface area contributed by atoms with E-state index in [1.165, 1.54) is 12.7 Å². The fourth-order valence-electron chi connectivity index (χ4n) is 2.03. The minimum atomic E-state index is 0.567. The maximum atomic E-state index is 4.26. The standard InChI is InChI=1S/C14H14N6/c1-11-16-6-7-20(11)13-5-3-2-4-12(13)8-17-14-18-9-15-10-19-14/h2-7,9-10H,8H2,1H3,(H,15,17,18,19). The molecule has 3 aromatic rings. The van der Waals surface area contributed by atoms with Gasteiger partial charge in [0.2, 0.25) is 5.95 Å². The molecular weight excluding hydrogens is 252 g/mol. The minimum absolute atomic E-state index is 0.567. The Morgan fingerprint density at radius 1 is 1.10 bits per heavy atom. The second kappa shape index (κ2) is 5.48. The number of rotatable bonds is 4. The third kappa shape index (κ3) is 2.49. The first-order valence-electron chi connectivity index (χ1n) is 6.29. The van der Waals surface area contributed by atoms with Crippen molar-refractivity contribution in [2.24, 2.45) is 0 Å². The number of anilines is 1. The van der Waals surface area contributed by atoms with Crippen LogP contribution in [0.3, 0.4) is 0 Å². The number of hydrogen-bond donors (Lipinski definition) is 1. The van der Waals surface area contributed by atoms with Gasteiger partial charge in [0.15, 0.2) is 0 Å². The van der Waals surface area contributed by atoms with E-state index in [1.54, 1.807) is 6.20 Å². The van der Waals surface area contributed by atoms with Crippen molar-refractivity contribution in [2.45, 2.75) is 13.5 Å². The topological polar surface area (TPSA) is 68.5 Å². The highest BCUT2D eigenvalue weighted by atomic mass is 15.1. The Kier molecular flexibility index (Phi) is 3.36. The zero-order valence-corrected chi connectivity index (χ0v) is 11.1. The second-order valence-corrected chi connectivity index (χ2v) is 4.29. The molecule has 0 spiro atoms. The monoisotopic (exact) mass is 266 g/mol. The van der Waals surface area contributed by atoms with E-state index in [0.717, 1.165) is 17.1 Å². The van der Waals surface area contributed by atoms with Crippen LogP contribution in [-0.2, 0) is 6.54 Å². The number of aryl methyl sites for hydroxylation is 1. The van der Waals surface area contributed by atoms with Gasteiger partial charge in [-0.1, -0.05) is 18.2 Å². The van der Waals surface area contributed by atoms with E-state index in [-0.39, 0.29) is 0 Å². The summed E-state index contributed by atoms with van der Waals surface area (Å²) in [6.45, 7) is 2.62. The first-order chi connectivity index (χ1) is 9.84. The predicted octanol–water partition coefficient (Wildman–Crippen LogP) is 1.98. The Morgan fingerprint density at radius 3 is 2.65 bits per heavy atom. The quantitative estimate of drug-likeness (QED) is 0.782. The van der Waals surface area contributed by atoms with Crippen LogP contribution >= 0.6 is 0 Å². The molecule has 1 N–H and O–H groups in total. The van der Waals surface area contributed by atoms with Gasteiger partial charge in [0.05, 0.1) is 5.69 Å². The van der Waals surface area contributed by atoms with E-state index in [9.17, 15) is 0 Å². The molecule has 0 aliphatic rings. The molecule has 2 aromatic heterocycles. The fourth-order valence-corrected chi connectivity index (χ4v) is 2.03. The van der Waals surface area contributed by atoms with E-state index in [4.69, 9.17) is 0 Å². The molecule has 1 aromatic carbocycles. The molecule has 3 rings (SSSR count). The SMILES string of the molecule is Cc1nccn1-c1ccccc1CNc1ncncn1. The van der Waals surface area contributed by atoms with E-state index < -0.39 is 0 Å². The van der Waals surface area contributed by atoms with Crippen molar-refractivity contribution < 1.29 is 0 Å². The van der Waals surface area contributed by atoms with Crippen LogP contribution in [0.25, 0.3) is 5.69 Å². The normalized spacial score (nSPS) is 10.4. The summed E-state index contributed by atoms with van der Waals surface area (Å²) in [5, 5.41) is 3.19. The average Bonchev–Trinajstić information content (AvgIpc) is 2.92. The molecule has 100 valence electrons. The summed E-state index contributed by atoms with van der Waals surface area (Å²) in [4.78, 5) is 16.2. The number of hydrogen-bond acceptors (Lipinski definition) is 5. The van der Waals surface area contributed by atoms with Crippen molar-refractivity contribution in [1.29, 1.82) is 0 Å². The van der Waals surface area contributed by atoms with Gasteiger partial charge in [-0.05, 0) is 18.6 Å². The van der Waals surface area contributed by atoms with Crippen LogP contribution in [0.1, 0.15) is 11.4 Å². The van der Waals surface area contributed by atoms with Gasteiger partial charge in [-0.2, -0.15) is 0 Å². The fraction of sp³-hybridized carbons (Fsp3) is 0.143.